The number of anilines is 2. The summed E-state index contributed by atoms with van der Waals surface area (Å²) >= 11 is 1.53. The van der Waals surface area contributed by atoms with Crippen molar-refractivity contribution in [1.29, 1.82) is 5.26 Å². The first-order valence-corrected chi connectivity index (χ1v) is 13.8. The van der Waals surface area contributed by atoms with Gasteiger partial charge in [0.1, 0.15) is 10.9 Å². The fourth-order valence-corrected chi connectivity index (χ4v) is 6.60. The molecule has 1 amide bonds. The lowest BCUT2D eigenvalue weighted by molar-refractivity contribution is -0.127. The van der Waals surface area contributed by atoms with Crippen LogP contribution in [0.15, 0.2) is 42.7 Å². The predicted octanol–water partition coefficient (Wildman–Crippen LogP) is 5.80. The van der Waals surface area contributed by atoms with Gasteiger partial charge in [0.15, 0.2) is 0 Å². The Labute approximate surface area is 220 Å². The van der Waals surface area contributed by atoms with E-state index in [9.17, 15) is 10.1 Å². The van der Waals surface area contributed by atoms with E-state index in [1.54, 1.807) is 12.3 Å². The van der Waals surface area contributed by atoms with Crippen molar-refractivity contribution >= 4 is 55.8 Å². The second kappa shape index (κ2) is 10.0. The maximum Gasteiger partial charge on any atom is 0.246 e. The van der Waals surface area contributed by atoms with Gasteiger partial charge in [-0.05, 0) is 81.6 Å². The van der Waals surface area contributed by atoms with Crippen LogP contribution >= 0.6 is 11.3 Å². The molecule has 0 aliphatic carbocycles. The molecule has 8 heteroatoms. The monoisotopic (exact) mass is 510 g/mol. The molecule has 1 atom stereocenters. The summed E-state index contributed by atoms with van der Waals surface area (Å²) in [7, 11) is 0. The van der Waals surface area contributed by atoms with Gasteiger partial charge in [-0.3, -0.25) is 4.79 Å². The van der Waals surface area contributed by atoms with Crippen molar-refractivity contribution in [3.63, 3.8) is 0 Å². The molecule has 4 aromatic rings. The first-order valence-electron chi connectivity index (χ1n) is 13.0. The first-order chi connectivity index (χ1) is 18.1. The number of fused-ring (bicyclic) bond motifs is 2. The summed E-state index contributed by atoms with van der Waals surface area (Å²) in [5, 5.41) is 15.3. The van der Waals surface area contributed by atoms with Gasteiger partial charge < -0.3 is 20.1 Å². The van der Waals surface area contributed by atoms with Crippen molar-refractivity contribution in [2.45, 2.75) is 38.6 Å². The van der Waals surface area contributed by atoms with E-state index in [1.165, 1.54) is 24.2 Å². The van der Waals surface area contributed by atoms with Gasteiger partial charge in [0.25, 0.3) is 0 Å². The summed E-state index contributed by atoms with van der Waals surface area (Å²) in [6, 6.07) is 10.7. The molecule has 6 rings (SSSR count). The molecule has 0 saturated carbocycles. The van der Waals surface area contributed by atoms with E-state index in [0.717, 1.165) is 82.0 Å². The molecule has 2 fully saturated rings. The standard InChI is InChI=1S/C29H30N6OS/c1-19-23-10-11-31-26(23)8-7-25(19)33-28-20(16-30)17-32-29-24(28)15-22(37-29)6-9-27(36)35-14-4-5-21(35)18-34-12-2-3-13-34/h6-11,15,17,21,31H,2-5,12-14,18H2,1H3,(H,32,33)/b9-6+/t21-/m0/s1. The zero-order valence-corrected chi connectivity index (χ0v) is 21.8. The van der Waals surface area contributed by atoms with Crippen LogP contribution in [0.1, 0.15) is 41.7 Å². The fraction of sp³-hybridized carbons (Fsp3) is 0.345. The number of carbonyl (C=O) groups is 1. The Balaban J connectivity index is 1.25. The van der Waals surface area contributed by atoms with E-state index in [0.29, 0.717) is 11.6 Å². The van der Waals surface area contributed by atoms with Crippen LogP contribution < -0.4 is 5.32 Å². The molecule has 1 aromatic carbocycles. The van der Waals surface area contributed by atoms with Gasteiger partial charge in [-0.1, -0.05) is 0 Å². The number of amides is 1. The molecule has 7 nitrogen and oxygen atoms in total. The molecular formula is C29H30N6OS. The minimum Gasteiger partial charge on any atom is -0.361 e. The molecule has 2 aliphatic rings. The van der Waals surface area contributed by atoms with Gasteiger partial charge in [-0.2, -0.15) is 5.26 Å². The fourth-order valence-electron chi connectivity index (χ4n) is 5.69. The maximum absolute atomic E-state index is 13.1. The SMILES string of the molecule is Cc1c(Nc2c(C#N)cnc3sc(/C=C/C(=O)N4CCC[C@H]4CN4CCCC4)cc23)ccc2[nH]ccc12. The number of rotatable bonds is 6. The van der Waals surface area contributed by atoms with Gasteiger partial charge in [0.2, 0.25) is 5.91 Å². The number of aromatic nitrogens is 2. The topological polar surface area (TPSA) is 88.0 Å². The van der Waals surface area contributed by atoms with Gasteiger partial charge in [0, 0.05) is 64.5 Å². The highest BCUT2D eigenvalue weighted by molar-refractivity contribution is 7.19. The average Bonchev–Trinajstić information content (AvgIpc) is 3.71. The van der Waals surface area contributed by atoms with Crippen molar-refractivity contribution in [2.75, 3.05) is 31.5 Å². The largest absolute Gasteiger partial charge is 0.361 e. The Morgan fingerprint density at radius 1 is 1.24 bits per heavy atom. The van der Waals surface area contributed by atoms with Crippen molar-refractivity contribution in [1.82, 2.24) is 19.8 Å². The third kappa shape index (κ3) is 4.61. The van der Waals surface area contributed by atoms with Crippen LogP contribution in [0.5, 0.6) is 0 Å². The molecule has 0 unspecified atom stereocenters. The van der Waals surface area contributed by atoms with Gasteiger partial charge in [-0.15, -0.1) is 11.3 Å². The van der Waals surface area contributed by atoms with E-state index in [2.05, 4.69) is 39.2 Å². The second-order valence-corrected chi connectivity index (χ2v) is 11.1. The highest BCUT2D eigenvalue weighted by Gasteiger charge is 2.29. The normalized spacial score (nSPS) is 18.4. The number of H-pyrrole nitrogens is 1. The van der Waals surface area contributed by atoms with Gasteiger partial charge in [0.05, 0.1) is 11.3 Å². The number of nitrogens with zero attached hydrogens (tertiary/aromatic N) is 4. The number of nitriles is 1. The quantitative estimate of drug-likeness (QED) is 0.320. The number of pyridine rings is 1. The van der Waals surface area contributed by atoms with Crippen LogP contribution in [0.4, 0.5) is 11.4 Å². The van der Waals surface area contributed by atoms with Gasteiger partial charge in [-0.25, -0.2) is 4.98 Å². The van der Waals surface area contributed by atoms with Crippen molar-refractivity contribution < 1.29 is 4.79 Å². The third-order valence-electron chi connectivity index (χ3n) is 7.68. The Morgan fingerprint density at radius 2 is 2.11 bits per heavy atom. The number of nitrogens with one attached hydrogen (secondary N) is 2. The number of hydrogen-bond donors (Lipinski definition) is 2. The molecule has 2 aliphatic heterocycles. The lowest BCUT2D eigenvalue weighted by Gasteiger charge is -2.27. The van der Waals surface area contributed by atoms with Crippen LogP contribution in [0.2, 0.25) is 0 Å². The zero-order chi connectivity index (χ0) is 25.4. The van der Waals surface area contributed by atoms with E-state index in [4.69, 9.17) is 0 Å². The summed E-state index contributed by atoms with van der Waals surface area (Å²) in [4.78, 5) is 27.2. The summed E-state index contributed by atoms with van der Waals surface area (Å²) in [6.07, 6.45) is 11.9. The lowest BCUT2D eigenvalue weighted by atomic mass is 10.1. The number of aromatic amines is 1. The number of benzene rings is 1. The number of aryl methyl sites for hydroxylation is 1. The summed E-state index contributed by atoms with van der Waals surface area (Å²) in [5.74, 6) is 0.0820. The summed E-state index contributed by atoms with van der Waals surface area (Å²) in [6.45, 7) is 6.21. The van der Waals surface area contributed by atoms with Crippen molar-refractivity contribution in [2.24, 2.45) is 0 Å². The number of likely N-dealkylation sites (tertiary alicyclic amines) is 2. The van der Waals surface area contributed by atoms with Crippen LogP contribution in [-0.4, -0.2) is 57.9 Å². The summed E-state index contributed by atoms with van der Waals surface area (Å²) in [5.41, 5.74) is 4.39. The average molecular weight is 511 g/mol. The van der Waals surface area contributed by atoms with E-state index >= 15 is 0 Å². The number of hydrogen-bond acceptors (Lipinski definition) is 6. The molecule has 2 saturated heterocycles. The van der Waals surface area contributed by atoms with Crippen LogP contribution in [-0.2, 0) is 4.79 Å². The highest BCUT2D eigenvalue weighted by Crippen LogP contribution is 2.36. The van der Waals surface area contributed by atoms with Crippen molar-refractivity contribution in [3.05, 3.63) is 58.7 Å². The first kappa shape index (κ1) is 23.7. The molecule has 0 bridgehead atoms. The van der Waals surface area contributed by atoms with Crippen LogP contribution in [0.3, 0.4) is 0 Å². The number of carbonyl (C=O) groups excluding carboxylic acids is 1. The zero-order valence-electron chi connectivity index (χ0n) is 21.0. The number of thiophene rings is 1. The smallest absolute Gasteiger partial charge is 0.246 e. The molecule has 0 spiro atoms. The Hall–Kier alpha value is -3.67. The third-order valence-corrected chi connectivity index (χ3v) is 8.69. The van der Waals surface area contributed by atoms with Gasteiger partial charge >= 0.3 is 0 Å². The predicted molar refractivity (Wildman–Crippen MR) is 150 cm³/mol. The molecule has 0 radical (unpaired) electrons. The molecule has 2 N–H and O–H groups in total. The van der Waals surface area contributed by atoms with Crippen LogP contribution in [0.25, 0.3) is 27.2 Å². The molecule has 37 heavy (non-hydrogen) atoms. The van der Waals surface area contributed by atoms with E-state index < -0.39 is 0 Å². The maximum atomic E-state index is 13.1. The summed E-state index contributed by atoms with van der Waals surface area (Å²) < 4.78 is 0. The Kier molecular flexibility index (Phi) is 6.41. The second-order valence-electron chi connectivity index (χ2n) is 10.00. The Morgan fingerprint density at radius 3 is 2.95 bits per heavy atom. The minimum absolute atomic E-state index is 0.0820. The molecule has 5 heterocycles. The Bertz CT molecular complexity index is 1540. The van der Waals surface area contributed by atoms with E-state index in [1.807, 2.05) is 35.4 Å². The molecular weight excluding hydrogens is 480 g/mol. The molecule has 3 aromatic heterocycles. The highest BCUT2D eigenvalue weighted by atomic mass is 32.1. The minimum atomic E-state index is 0.0820. The lowest BCUT2D eigenvalue weighted by Crippen LogP contribution is -2.41. The van der Waals surface area contributed by atoms with Crippen LogP contribution in [0, 0.1) is 18.3 Å². The van der Waals surface area contributed by atoms with E-state index in [-0.39, 0.29) is 5.91 Å². The molecule has 188 valence electrons. The van der Waals surface area contributed by atoms with Crippen molar-refractivity contribution in [3.8, 4) is 6.07 Å².